The van der Waals surface area contributed by atoms with Crippen LogP contribution in [0.1, 0.15) is 31.3 Å². The first-order valence-electron chi connectivity index (χ1n) is 9.92. The summed E-state index contributed by atoms with van der Waals surface area (Å²) in [4.78, 5) is 29.2. The number of carboxylic acids is 1. The van der Waals surface area contributed by atoms with Crippen molar-refractivity contribution in [2.24, 2.45) is 0 Å². The number of benzene rings is 2. The molecule has 0 aliphatic rings. The quantitative estimate of drug-likeness (QED) is 0.448. The fraction of sp³-hybridized carbons (Fsp3) is 0.167. The second-order valence-electron chi connectivity index (χ2n) is 8.04. The molecular weight excluding hydrogens is 410 g/mol. The Morgan fingerprint density at radius 2 is 1.62 bits per heavy atom. The van der Waals surface area contributed by atoms with Crippen LogP contribution in [-0.2, 0) is 4.74 Å². The Balaban J connectivity index is 1.94. The summed E-state index contributed by atoms with van der Waals surface area (Å²) in [6, 6.07) is 19.7. The maximum Gasteiger partial charge on any atom is 0.515 e. The van der Waals surface area contributed by atoms with Crippen LogP contribution < -0.4 is 4.74 Å². The summed E-state index contributed by atoms with van der Waals surface area (Å²) in [5.41, 5.74) is 0.471. The van der Waals surface area contributed by atoms with Crippen molar-refractivity contribution >= 4 is 23.0 Å². The number of hydrogen-bond acceptors (Lipinski definition) is 6. The van der Waals surface area contributed by atoms with Gasteiger partial charge >= 0.3 is 12.1 Å². The van der Waals surface area contributed by atoms with E-state index in [2.05, 4.69) is 10.1 Å². The van der Waals surface area contributed by atoms with E-state index >= 15 is 0 Å². The van der Waals surface area contributed by atoms with Crippen LogP contribution >= 0.6 is 0 Å². The number of fused-ring (bicyclic) bond motifs is 1. The number of carbonyl (C=O) groups excluding carboxylic acids is 1. The van der Waals surface area contributed by atoms with Crippen molar-refractivity contribution in [3.8, 4) is 22.8 Å². The zero-order valence-corrected chi connectivity index (χ0v) is 17.8. The number of aromatic carboxylic acids is 1. The molecule has 1 N–H and O–H groups in total. The summed E-state index contributed by atoms with van der Waals surface area (Å²) in [7, 11) is 0. The first-order chi connectivity index (χ1) is 15.2. The Bertz CT molecular complexity index is 1310. The van der Waals surface area contributed by atoms with Gasteiger partial charge in [-0.1, -0.05) is 42.5 Å². The number of carbonyl (C=O) groups is 2. The van der Waals surface area contributed by atoms with Crippen molar-refractivity contribution in [2.75, 3.05) is 0 Å². The highest BCUT2D eigenvalue weighted by Gasteiger charge is 2.30. The molecule has 0 unspecified atom stereocenters. The Hall–Kier alpha value is -4.20. The van der Waals surface area contributed by atoms with Crippen molar-refractivity contribution in [3.05, 3.63) is 72.4 Å². The predicted octanol–water partition coefficient (Wildman–Crippen LogP) is 5.10. The molecule has 4 rings (SSSR count). The smallest absolute Gasteiger partial charge is 0.476 e. The highest BCUT2D eigenvalue weighted by Crippen LogP contribution is 2.36. The van der Waals surface area contributed by atoms with E-state index < -0.39 is 17.7 Å². The Morgan fingerprint density at radius 3 is 2.31 bits per heavy atom. The summed E-state index contributed by atoms with van der Waals surface area (Å²) < 4.78 is 12.1. The van der Waals surface area contributed by atoms with E-state index in [-0.39, 0.29) is 17.1 Å². The lowest BCUT2D eigenvalue weighted by Crippen LogP contribution is -2.26. The standard InChI is InChI=1S/C24H21N3O5/c1-24(2,3)32-23(30)31-21-19(18-14-13-15-9-7-8-12-17(15)25-18)20(22(28)29)26-27(21)16-10-5-4-6-11-16/h4-14H,1-3H3,(H,28,29). The van der Waals surface area contributed by atoms with Crippen molar-refractivity contribution in [1.29, 1.82) is 0 Å². The second kappa shape index (κ2) is 8.14. The highest BCUT2D eigenvalue weighted by atomic mass is 16.7. The third-order valence-corrected chi connectivity index (χ3v) is 4.47. The summed E-state index contributed by atoms with van der Waals surface area (Å²) in [6.45, 7) is 5.12. The van der Waals surface area contributed by atoms with Crippen LogP contribution in [0.15, 0.2) is 66.7 Å². The number of para-hydroxylation sites is 2. The van der Waals surface area contributed by atoms with E-state index in [1.54, 1.807) is 51.1 Å². The van der Waals surface area contributed by atoms with Crippen LogP contribution in [0.5, 0.6) is 5.88 Å². The lowest BCUT2D eigenvalue weighted by molar-refractivity contribution is 0.0193. The van der Waals surface area contributed by atoms with Gasteiger partial charge in [0.25, 0.3) is 0 Å². The van der Waals surface area contributed by atoms with Gasteiger partial charge in [0, 0.05) is 5.39 Å². The summed E-state index contributed by atoms with van der Waals surface area (Å²) in [5.74, 6) is -1.37. The van der Waals surface area contributed by atoms with Gasteiger partial charge in [-0.3, -0.25) is 0 Å². The van der Waals surface area contributed by atoms with E-state index in [0.717, 1.165) is 5.39 Å². The summed E-state index contributed by atoms with van der Waals surface area (Å²) >= 11 is 0. The fourth-order valence-corrected chi connectivity index (χ4v) is 3.18. The summed E-state index contributed by atoms with van der Waals surface area (Å²) in [6.07, 6.45) is -0.978. The van der Waals surface area contributed by atoms with Crippen molar-refractivity contribution in [3.63, 3.8) is 0 Å². The number of nitrogens with zero attached hydrogens (tertiary/aromatic N) is 3. The van der Waals surface area contributed by atoms with Gasteiger partial charge in [0.15, 0.2) is 5.69 Å². The molecule has 0 amide bonds. The van der Waals surface area contributed by atoms with Gasteiger partial charge in [0.05, 0.1) is 22.5 Å². The van der Waals surface area contributed by atoms with E-state index in [1.807, 2.05) is 36.4 Å². The minimum atomic E-state index is -1.28. The van der Waals surface area contributed by atoms with Crippen molar-refractivity contribution < 1.29 is 24.2 Å². The van der Waals surface area contributed by atoms with E-state index in [4.69, 9.17) is 9.47 Å². The molecule has 32 heavy (non-hydrogen) atoms. The van der Waals surface area contributed by atoms with Crippen LogP contribution in [0.2, 0.25) is 0 Å². The molecule has 2 aromatic carbocycles. The van der Waals surface area contributed by atoms with Gasteiger partial charge in [-0.25, -0.2) is 14.6 Å². The van der Waals surface area contributed by atoms with E-state index in [9.17, 15) is 14.7 Å². The molecule has 0 spiro atoms. The van der Waals surface area contributed by atoms with Gasteiger partial charge < -0.3 is 14.6 Å². The van der Waals surface area contributed by atoms with Gasteiger partial charge in [0.2, 0.25) is 5.88 Å². The molecule has 4 aromatic rings. The number of rotatable bonds is 4. The lowest BCUT2D eigenvalue weighted by atomic mass is 10.1. The average Bonchev–Trinajstić information content (AvgIpc) is 3.12. The number of pyridine rings is 1. The number of hydrogen-bond donors (Lipinski definition) is 1. The molecule has 8 heteroatoms. The van der Waals surface area contributed by atoms with E-state index in [1.165, 1.54) is 4.68 Å². The molecule has 8 nitrogen and oxygen atoms in total. The first-order valence-corrected chi connectivity index (χ1v) is 9.92. The molecule has 0 aliphatic heterocycles. The average molecular weight is 431 g/mol. The molecule has 0 fully saturated rings. The van der Waals surface area contributed by atoms with Crippen LogP contribution in [0, 0.1) is 0 Å². The van der Waals surface area contributed by atoms with Crippen LogP contribution in [-0.4, -0.2) is 37.6 Å². The molecular formula is C24H21N3O5. The van der Waals surface area contributed by atoms with Gasteiger partial charge in [-0.2, -0.15) is 9.78 Å². The zero-order valence-electron chi connectivity index (χ0n) is 17.8. The van der Waals surface area contributed by atoms with Gasteiger partial charge in [-0.15, -0.1) is 0 Å². The monoisotopic (exact) mass is 431 g/mol. The van der Waals surface area contributed by atoms with Gasteiger partial charge in [0.1, 0.15) is 5.60 Å². The minimum Gasteiger partial charge on any atom is -0.476 e. The second-order valence-corrected chi connectivity index (χ2v) is 8.04. The molecule has 0 atom stereocenters. The molecule has 0 saturated carbocycles. The minimum absolute atomic E-state index is 0.0814. The third-order valence-electron chi connectivity index (χ3n) is 4.47. The zero-order chi connectivity index (χ0) is 22.9. The maximum absolute atomic E-state index is 12.5. The van der Waals surface area contributed by atoms with Crippen molar-refractivity contribution in [1.82, 2.24) is 14.8 Å². The summed E-state index contributed by atoms with van der Waals surface area (Å²) in [5, 5.41) is 15.0. The van der Waals surface area contributed by atoms with Crippen molar-refractivity contribution in [2.45, 2.75) is 26.4 Å². The maximum atomic E-state index is 12.5. The Morgan fingerprint density at radius 1 is 0.938 bits per heavy atom. The number of carboxylic acid groups (broad SMARTS) is 1. The normalized spacial score (nSPS) is 11.3. The first kappa shape index (κ1) is 21.0. The lowest BCUT2D eigenvalue weighted by Gasteiger charge is -2.19. The molecule has 0 radical (unpaired) electrons. The van der Waals surface area contributed by atoms with Crippen LogP contribution in [0.4, 0.5) is 4.79 Å². The fourth-order valence-electron chi connectivity index (χ4n) is 3.18. The molecule has 0 aliphatic carbocycles. The largest absolute Gasteiger partial charge is 0.515 e. The number of aromatic nitrogens is 3. The van der Waals surface area contributed by atoms with Crippen LogP contribution in [0.25, 0.3) is 27.8 Å². The molecule has 0 bridgehead atoms. The third kappa shape index (κ3) is 4.29. The van der Waals surface area contributed by atoms with E-state index in [0.29, 0.717) is 16.9 Å². The molecule has 2 heterocycles. The number of ether oxygens (including phenoxy) is 2. The SMILES string of the molecule is CC(C)(C)OC(=O)Oc1c(-c2ccc3ccccc3n2)c(C(=O)O)nn1-c1ccccc1. The van der Waals surface area contributed by atoms with Gasteiger partial charge in [-0.05, 0) is 45.0 Å². The Labute approximate surface area is 184 Å². The highest BCUT2D eigenvalue weighted by molar-refractivity contribution is 5.96. The molecule has 162 valence electrons. The predicted molar refractivity (Wildman–Crippen MR) is 118 cm³/mol. The molecule has 2 aromatic heterocycles. The topological polar surface area (TPSA) is 104 Å². The van der Waals surface area contributed by atoms with Crippen LogP contribution in [0.3, 0.4) is 0 Å². The molecule has 0 saturated heterocycles. The Kier molecular flexibility index (Phi) is 5.36.